The van der Waals surface area contributed by atoms with Gasteiger partial charge >= 0.3 is 0 Å². The van der Waals surface area contributed by atoms with Crippen LogP contribution in [0.15, 0.2) is 113 Å². The lowest BCUT2D eigenvalue weighted by Gasteiger charge is -2.48. The van der Waals surface area contributed by atoms with Gasteiger partial charge in [0, 0.05) is 24.2 Å². The molecule has 4 aromatic carbocycles. The normalized spacial score (nSPS) is 25.1. The fourth-order valence-corrected chi connectivity index (χ4v) is 12.0. The molecular formula is C38H40O6S2. The van der Waals surface area contributed by atoms with Crippen LogP contribution in [0.5, 0.6) is 5.75 Å². The van der Waals surface area contributed by atoms with E-state index in [1.807, 2.05) is 43.3 Å². The van der Waals surface area contributed by atoms with Crippen LogP contribution in [0.3, 0.4) is 0 Å². The molecule has 2 aliphatic rings. The lowest BCUT2D eigenvalue weighted by molar-refractivity contribution is -0.128. The van der Waals surface area contributed by atoms with E-state index < -0.39 is 53.8 Å². The van der Waals surface area contributed by atoms with Crippen LogP contribution in [0.4, 0.5) is 0 Å². The summed E-state index contributed by atoms with van der Waals surface area (Å²) >= 11 is 0. The van der Waals surface area contributed by atoms with Crippen molar-refractivity contribution in [1.29, 1.82) is 0 Å². The van der Waals surface area contributed by atoms with Crippen LogP contribution in [0.25, 0.3) is 0 Å². The first kappa shape index (κ1) is 32.2. The fraction of sp³-hybridized carbons (Fsp3) is 0.342. The number of carbonyl (C=O) groups excluding carboxylic acids is 1. The maximum atomic E-state index is 14.7. The van der Waals surface area contributed by atoms with Gasteiger partial charge in [-0.25, -0.2) is 16.8 Å². The first-order valence-electron chi connectivity index (χ1n) is 15.9. The third kappa shape index (κ3) is 5.93. The first-order valence-corrected chi connectivity index (χ1v) is 19.0. The van der Waals surface area contributed by atoms with Gasteiger partial charge in [0.2, 0.25) is 0 Å². The van der Waals surface area contributed by atoms with Gasteiger partial charge in [-0.1, -0.05) is 79.2 Å². The molecule has 2 aliphatic carbocycles. The number of ether oxygens (including phenoxy) is 1. The standard InChI is InChI=1S/C38H40O6S2/c1-4-26-12-14-28(15-13-26)33-23-36(39)34-24-37(45(40,41)30-8-6-5-7-9-30)32(27-16-18-29(44-3)19-17-27)22-35(34)38(33)46(42,43)31-20-10-25(2)11-21-31/h5-21,32-35,37-38H,4,22-24H2,1-3H3/t32?,33?,34-,35+,37?,38?/m1/s1. The minimum atomic E-state index is -3.93. The van der Waals surface area contributed by atoms with Gasteiger partial charge in [-0.3, -0.25) is 4.79 Å². The number of carbonyl (C=O) groups is 1. The molecule has 0 N–H and O–H groups in total. The minimum absolute atomic E-state index is 0.0493. The molecule has 6 nitrogen and oxygen atoms in total. The Kier molecular flexibility index (Phi) is 8.96. The largest absolute Gasteiger partial charge is 0.497 e. The summed E-state index contributed by atoms with van der Waals surface area (Å²) in [5, 5.41) is -1.79. The Morgan fingerprint density at radius 2 is 1.26 bits per heavy atom. The Labute approximate surface area is 272 Å². The molecule has 8 heteroatoms. The zero-order chi connectivity index (χ0) is 32.6. The van der Waals surface area contributed by atoms with Crippen molar-refractivity contribution in [3.05, 3.63) is 125 Å². The number of methoxy groups -OCH3 is 1. The molecule has 2 saturated carbocycles. The molecule has 0 spiro atoms. The van der Waals surface area contributed by atoms with Crippen LogP contribution < -0.4 is 4.74 Å². The van der Waals surface area contributed by atoms with E-state index in [2.05, 4.69) is 6.92 Å². The van der Waals surface area contributed by atoms with E-state index in [-0.39, 0.29) is 34.8 Å². The summed E-state index contributed by atoms with van der Waals surface area (Å²) in [6, 6.07) is 30.5. The van der Waals surface area contributed by atoms with Gasteiger partial charge in [-0.15, -0.1) is 0 Å². The molecule has 2 fully saturated rings. The number of aryl methyl sites for hydroxylation is 2. The zero-order valence-electron chi connectivity index (χ0n) is 26.4. The number of hydrogen-bond acceptors (Lipinski definition) is 6. The topological polar surface area (TPSA) is 94.6 Å². The monoisotopic (exact) mass is 656 g/mol. The lowest BCUT2D eigenvalue weighted by atomic mass is 9.61. The average Bonchev–Trinajstić information content (AvgIpc) is 3.08. The molecule has 0 radical (unpaired) electrons. The van der Waals surface area contributed by atoms with Gasteiger partial charge in [-0.05, 0) is 85.2 Å². The quantitative estimate of drug-likeness (QED) is 0.201. The molecule has 0 amide bonds. The Morgan fingerprint density at radius 3 is 1.87 bits per heavy atom. The second-order valence-electron chi connectivity index (χ2n) is 12.7. The van der Waals surface area contributed by atoms with Crippen LogP contribution in [0, 0.1) is 18.8 Å². The number of fused-ring (bicyclic) bond motifs is 1. The fourth-order valence-electron chi connectivity index (χ4n) is 7.68. The Balaban J connectivity index is 1.50. The molecule has 0 saturated heterocycles. The molecule has 0 aliphatic heterocycles. The van der Waals surface area contributed by atoms with Gasteiger partial charge in [0.1, 0.15) is 11.5 Å². The van der Waals surface area contributed by atoms with E-state index in [9.17, 15) is 21.6 Å². The van der Waals surface area contributed by atoms with Crippen molar-refractivity contribution in [3.63, 3.8) is 0 Å². The van der Waals surface area contributed by atoms with E-state index >= 15 is 0 Å². The van der Waals surface area contributed by atoms with Crippen molar-refractivity contribution < 1.29 is 26.4 Å². The molecule has 0 bridgehead atoms. The predicted molar refractivity (Wildman–Crippen MR) is 180 cm³/mol. The van der Waals surface area contributed by atoms with Crippen molar-refractivity contribution in [1.82, 2.24) is 0 Å². The Morgan fingerprint density at radius 1 is 0.674 bits per heavy atom. The van der Waals surface area contributed by atoms with Gasteiger partial charge in [-0.2, -0.15) is 0 Å². The van der Waals surface area contributed by atoms with E-state index in [1.54, 1.807) is 73.8 Å². The minimum Gasteiger partial charge on any atom is -0.497 e. The smallest absolute Gasteiger partial charge is 0.182 e. The van der Waals surface area contributed by atoms with Crippen LogP contribution in [0.2, 0.25) is 0 Å². The zero-order valence-corrected chi connectivity index (χ0v) is 28.0. The maximum Gasteiger partial charge on any atom is 0.182 e. The van der Waals surface area contributed by atoms with Crippen molar-refractivity contribution >= 4 is 25.5 Å². The molecule has 4 aromatic rings. The predicted octanol–water partition coefficient (Wildman–Crippen LogP) is 7.12. The SMILES string of the molecule is CCc1ccc(C2CC(=O)[C@@H]3CC(S(=O)(=O)c4ccccc4)C(c4ccc(OC)cc4)C[C@@H]3C2S(=O)(=O)c2ccc(C)cc2)cc1. The number of ketones is 1. The molecule has 6 atom stereocenters. The van der Waals surface area contributed by atoms with Crippen molar-refractivity contribution in [2.45, 2.75) is 71.7 Å². The summed E-state index contributed by atoms with van der Waals surface area (Å²) in [6.07, 6.45) is 1.21. The van der Waals surface area contributed by atoms with Crippen molar-refractivity contribution in [3.8, 4) is 5.75 Å². The molecule has 46 heavy (non-hydrogen) atoms. The third-order valence-corrected chi connectivity index (χ3v) is 14.7. The summed E-state index contributed by atoms with van der Waals surface area (Å²) in [5.41, 5.74) is 3.70. The number of benzene rings is 4. The molecule has 6 rings (SSSR count). The maximum absolute atomic E-state index is 14.7. The van der Waals surface area contributed by atoms with E-state index in [1.165, 1.54) is 0 Å². The van der Waals surface area contributed by atoms with Gasteiger partial charge in [0.15, 0.2) is 19.7 Å². The Bertz CT molecular complexity index is 1900. The van der Waals surface area contributed by atoms with Crippen LogP contribution in [0.1, 0.15) is 60.3 Å². The molecule has 240 valence electrons. The summed E-state index contributed by atoms with van der Waals surface area (Å²) in [5.74, 6) is -1.77. The third-order valence-electron chi connectivity index (χ3n) is 10.2. The first-order chi connectivity index (χ1) is 22.0. The van der Waals surface area contributed by atoms with Crippen molar-refractivity contribution in [2.24, 2.45) is 11.8 Å². The van der Waals surface area contributed by atoms with E-state index in [0.29, 0.717) is 5.75 Å². The number of rotatable bonds is 8. The van der Waals surface area contributed by atoms with Gasteiger partial charge < -0.3 is 4.74 Å². The lowest BCUT2D eigenvalue weighted by Crippen LogP contribution is -2.53. The summed E-state index contributed by atoms with van der Waals surface area (Å²) < 4.78 is 63.5. The number of Topliss-reactive ketones (excluding diaryl/α,β-unsaturated/α-hetero) is 1. The highest BCUT2D eigenvalue weighted by Gasteiger charge is 2.56. The van der Waals surface area contributed by atoms with Crippen molar-refractivity contribution in [2.75, 3.05) is 7.11 Å². The van der Waals surface area contributed by atoms with Crippen LogP contribution in [-0.2, 0) is 30.9 Å². The second-order valence-corrected chi connectivity index (χ2v) is 17.0. The van der Waals surface area contributed by atoms with Gasteiger partial charge in [0.05, 0.1) is 27.4 Å². The van der Waals surface area contributed by atoms with Gasteiger partial charge in [0.25, 0.3) is 0 Å². The molecular weight excluding hydrogens is 617 g/mol. The van der Waals surface area contributed by atoms with Crippen LogP contribution >= 0.6 is 0 Å². The summed E-state index contributed by atoms with van der Waals surface area (Å²) in [6.45, 7) is 3.98. The van der Waals surface area contributed by atoms with E-state index in [4.69, 9.17) is 4.74 Å². The average molecular weight is 657 g/mol. The Hall–Kier alpha value is -3.75. The number of sulfone groups is 2. The summed E-state index contributed by atoms with van der Waals surface area (Å²) in [7, 11) is -6.22. The number of hydrogen-bond donors (Lipinski definition) is 0. The second kappa shape index (κ2) is 12.8. The molecule has 0 aromatic heterocycles. The molecule has 4 unspecified atom stereocenters. The highest BCUT2D eigenvalue weighted by atomic mass is 32.2. The highest BCUT2D eigenvalue weighted by Crippen LogP contribution is 2.54. The highest BCUT2D eigenvalue weighted by molar-refractivity contribution is 7.92. The molecule has 0 heterocycles. The van der Waals surface area contributed by atoms with Crippen LogP contribution in [-0.4, -0.2) is 40.2 Å². The van der Waals surface area contributed by atoms with E-state index in [0.717, 1.165) is 28.7 Å². The summed E-state index contributed by atoms with van der Waals surface area (Å²) in [4.78, 5) is 14.6.